The van der Waals surface area contributed by atoms with E-state index < -0.39 is 0 Å². The molecule has 2 bridgehead atoms. The van der Waals surface area contributed by atoms with Crippen LogP contribution < -0.4 is 5.73 Å². The molecule has 2 aliphatic carbocycles. The van der Waals surface area contributed by atoms with E-state index in [1.54, 1.807) is 24.1 Å². The van der Waals surface area contributed by atoms with Gasteiger partial charge in [-0.2, -0.15) is 0 Å². The lowest BCUT2D eigenvalue weighted by Gasteiger charge is -2.44. The number of nitrogens with two attached hydrogens (primary N) is 1. The lowest BCUT2D eigenvalue weighted by molar-refractivity contribution is -0.137. The molecule has 0 saturated heterocycles. The zero-order valence-corrected chi connectivity index (χ0v) is 14.2. The summed E-state index contributed by atoms with van der Waals surface area (Å²) < 4.78 is 13.9. The third-order valence-electron chi connectivity index (χ3n) is 5.60. The fourth-order valence-electron chi connectivity index (χ4n) is 4.30. The molecule has 2 atom stereocenters. The van der Waals surface area contributed by atoms with Gasteiger partial charge in [-0.15, -0.1) is 0 Å². The molecule has 3 nitrogen and oxygen atoms in total. The summed E-state index contributed by atoms with van der Waals surface area (Å²) >= 11 is 6.07. The van der Waals surface area contributed by atoms with E-state index in [2.05, 4.69) is 0 Å². The minimum absolute atomic E-state index is 0.0145. The number of amides is 1. The molecule has 3 rings (SSSR count). The van der Waals surface area contributed by atoms with Gasteiger partial charge in [0.05, 0.1) is 0 Å². The number of hydrogen-bond acceptors (Lipinski definition) is 2. The number of benzene rings is 1. The molecule has 1 aromatic rings. The van der Waals surface area contributed by atoms with E-state index in [4.69, 9.17) is 17.3 Å². The van der Waals surface area contributed by atoms with Crippen molar-refractivity contribution in [2.24, 2.45) is 23.5 Å². The lowest BCUT2D eigenvalue weighted by atomic mass is 9.65. The molecule has 0 heterocycles. The van der Waals surface area contributed by atoms with Crippen molar-refractivity contribution in [2.75, 3.05) is 7.05 Å². The summed E-state index contributed by atoms with van der Waals surface area (Å²) in [6, 6.07) is 4.86. The Morgan fingerprint density at radius 3 is 2.61 bits per heavy atom. The van der Waals surface area contributed by atoms with Crippen molar-refractivity contribution in [1.29, 1.82) is 0 Å². The fourth-order valence-corrected chi connectivity index (χ4v) is 4.52. The van der Waals surface area contributed by atoms with Gasteiger partial charge in [0.2, 0.25) is 5.91 Å². The van der Waals surface area contributed by atoms with Crippen molar-refractivity contribution in [3.8, 4) is 0 Å². The number of halogens is 2. The zero-order valence-electron chi connectivity index (χ0n) is 13.5. The first kappa shape index (κ1) is 16.7. The van der Waals surface area contributed by atoms with Gasteiger partial charge in [-0.25, -0.2) is 4.39 Å². The van der Waals surface area contributed by atoms with Crippen LogP contribution in [-0.2, 0) is 11.3 Å². The molecule has 0 radical (unpaired) electrons. The maximum Gasteiger partial charge on any atom is 0.225 e. The van der Waals surface area contributed by atoms with Crippen LogP contribution in [-0.4, -0.2) is 23.9 Å². The molecule has 2 fully saturated rings. The lowest BCUT2D eigenvalue weighted by Crippen LogP contribution is -2.49. The molecule has 2 N–H and O–H groups in total. The van der Waals surface area contributed by atoms with Crippen LogP contribution in [0.25, 0.3) is 0 Å². The smallest absolute Gasteiger partial charge is 0.225 e. The number of fused-ring (bicyclic) bond motifs is 2. The van der Waals surface area contributed by atoms with Crippen LogP contribution in [0.15, 0.2) is 18.2 Å². The standard InChI is InChI=1S/C18H24ClFN2O/c1-22(10-14-15(19)6-3-7-16(14)20)18(23)13-8-11-4-2-5-12(9-13)17(11)21/h3,6-7,11-13,17H,2,4-5,8-10,21H2,1H3. The summed E-state index contributed by atoms with van der Waals surface area (Å²) in [5, 5.41) is 0.368. The van der Waals surface area contributed by atoms with Crippen molar-refractivity contribution in [3.63, 3.8) is 0 Å². The average Bonchev–Trinajstić information content (AvgIpc) is 2.50. The Morgan fingerprint density at radius 2 is 2.00 bits per heavy atom. The highest BCUT2D eigenvalue weighted by Gasteiger charge is 2.41. The Bertz CT molecular complexity index is 560. The molecule has 5 heteroatoms. The van der Waals surface area contributed by atoms with Crippen molar-refractivity contribution >= 4 is 17.5 Å². The zero-order chi connectivity index (χ0) is 16.6. The van der Waals surface area contributed by atoms with Gasteiger partial charge in [0.15, 0.2) is 0 Å². The minimum atomic E-state index is -0.361. The van der Waals surface area contributed by atoms with Gasteiger partial charge in [-0.05, 0) is 49.7 Å². The summed E-state index contributed by atoms with van der Waals surface area (Å²) in [4.78, 5) is 14.4. The molecule has 1 amide bonds. The largest absolute Gasteiger partial charge is 0.341 e. The topological polar surface area (TPSA) is 46.3 Å². The van der Waals surface area contributed by atoms with Gasteiger partial charge < -0.3 is 10.6 Å². The first-order chi connectivity index (χ1) is 11.0. The Balaban J connectivity index is 1.68. The Kier molecular flexibility index (Phi) is 4.93. The van der Waals surface area contributed by atoms with Gasteiger partial charge in [0, 0.05) is 36.1 Å². The predicted molar refractivity (Wildman–Crippen MR) is 89.4 cm³/mol. The second-order valence-corrected chi connectivity index (χ2v) is 7.50. The van der Waals surface area contributed by atoms with Gasteiger partial charge in [-0.3, -0.25) is 4.79 Å². The van der Waals surface area contributed by atoms with Crippen molar-refractivity contribution in [1.82, 2.24) is 4.90 Å². The third-order valence-corrected chi connectivity index (χ3v) is 5.95. The molecular formula is C18H24ClFN2O. The second kappa shape index (κ2) is 6.78. The van der Waals surface area contributed by atoms with Crippen molar-refractivity contribution in [3.05, 3.63) is 34.6 Å². The van der Waals surface area contributed by atoms with E-state index >= 15 is 0 Å². The molecule has 126 valence electrons. The summed E-state index contributed by atoms with van der Waals surface area (Å²) in [6.07, 6.45) is 5.22. The molecule has 0 spiro atoms. The van der Waals surface area contributed by atoms with Crippen LogP contribution in [0.3, 0.4) is 0 Å². The summed E-state index contributed by atoms with van der Waals surface area (Å²) in [5.41, 5.74) is 6.68. The third kappa shape index (κ3) is 3.38. The number of carbonyl (C=O) groups excluding carboxylic acids is 1. The van der Waals surface area contributed by atoms with E-state index in [0.29, 0.717) is 22.4 Å². The van der Waals surface area contributed by atoms with Gasteiger partial charge in [0.25, 0.3) is 0 Å². The summed E-state index contributed by atoms with van der Waals surface area (Å²) in [6.45, 7) is 0.211. The molecule has 0 aromatic heterocycles. The number of carbonyl (C=O) groups is 1. The van der Waals surface area contributed by atoms with E-state index in [0.717, 1.165) is 25.7 Å². The maximum absolute atomic E-state index is 13.9. The first-order valence-corrected chi connectivity index (χ1v) is 8.78. The van der Waals surface area contributed by atoms with Crippen LogP contribution in [0, 0.1) is 23.6 Å². The van der Waals surface area contributed by atoms with Gasteiger partial charge in [-0.1, -0.05) is 24.1 Å². The molecule has 23 heavy (non-hydrogen) atoms. The quantitative estimate of drug-likeness (QED) is 0.915. The van der Waals surface area contributed by atoms with Crippen molar-refractivity contribution in [2.45, 2.75) is 44.7 Å². The molecular weight excluding hydrogens is 315 g/mol. The highest BCUT2D eigenvalue weighted by Crippen LogP contribution is 2.42. The molecule has 2 aliphatic rings. The summed E-state index contributed by atoms with van der Waals surface area (Å²) in [5.74, 6) is 0.664. The second-order valence-electron chi connectivity index (χ2n) is 7.09. The van der Waals surface area contributed by atoms with Crippen LogP contribution in [0.5, 0.6) is 0 Å². The van der Waals surface area contributed by atoms with Crippen LogP contribution in [0.4, 0.5) is 4.39 Å². The van der Waals surface area contributed by atoms with E-state index in [1.807, 2.05) is 0 Å². The predicted octanol–water partition coefficient (Wildman–Crippen LogP) is 3.59. The fraction of sp³-hybridized carbons (Fsp3) is 0.611. The van der Waals surface area contributed by atoms with Gasteiger partial charge >= 0.3 is 0 Å². The number of nitrogens with zero attached hydrogens (tertiary/aromatic N) is 1. The monoisotopic (exact) mass is 338 g/mol. The average molecular weight is 339 g/mol. The van der Waals surface area contributed by atoms with Gasteiger partial charge in [0.1, 0.15) is 5.82 Å². The van der Waals surface area contributed by atoms with E-state index in [9.17, 15) is 9.18 Å². The van der Waals surface area contributed by atoms with E-state index in [-0.39, 0.29) is 30.2 Å². The maximum atomic E-state index is 13.9. The molecule has 2 unspecified atom stereocenters. The molecule has 2 saturated carbocycles. The van der Waals surface area contributed by atoms with Crippen LogP contribution >= 0.6 is 11.6 Å². The highest BCUT2D eigenvalue weighted by molar-refractivity contribution is 6.31. The minimum Gasteiger partial charge on any atom is -0.341 e. The van der Waals surface area contributed by atoms with Crippen LogP contribution in [0.2, 0.25) is 5.02 Å². The van der Waals surface area contributed by atoms with Crippen LogP contribution in [0.1, 0.15) is 37.7 Å². The Morgan fingerprint density at radius 1 is 1.35 bits per heavy atom. The highest BCUT2D eigenvalue weighted by atomic mass is 35.5. The first-order valence-electron chi connectivity index (χ1n) is 8.40. The normalized spacial score (nSPS) is 30.1. The SMILES string of the molecule is CN(Cc1c(F)cccc1Cl)C(=O)C1CC2CCCC(C1)C2N. The Labute approximate surface area is 142 Å². The summed E-state index contributed by atoms with van der Waals surface area (Å²) in [7, 11) is 1.73. The van der Waals surface area contributed by atoms with Crippen molar-refractivity contribution < 1.29 is 9.18 Å². The van der Waals surface area contributed by atoms with E-state index in [1.165, 1.54) is 12.5 Å². The number of rotatable bonds is 3. The molecule has 0 aliphatic heterocycles. The molecule has 1 aromatic carbocycles. The Hall–Kier alpha value is -1.13. The number of hydrogen-bond donors (Lipinski definition) is 1.